The summed E-state index contributed by atoms with van der Waals surface area (Å²) in [6.45, 7) is 0.916. The van der Waals surface area contributed by atoms with Crippen molar-refractivity contribution in [3.05, 3.63) is 76.3 Å². The highest BCUT2D eigenvalue weighted by atomic mass is 16.7. The number of carbonyl (C=O) groups excluding carboxylic acids is 1. The third-order valence-corrected chi connectivity index (χ3v) is 4.31. The predicted molar refractivity (Wildman–Crippen MR) is 104 cm³/mol. The maximum absolute atomic E-state index is 12.0. The number of amides is 1. The first kappa shape index (κ1) is 18.8. The standard InChI is InChI=1S/C21H23N3O3/c25-16-24(27-15-17-9-3-1-4-10-17)14-8-2-5-13-20-22-19-12-7-6-11-18(19)21(26)23-20/h1,3-4,6-7,9-12,16H,2,5,8,13-15H2,(H,22,23,26). The summed E-state index contributed by atoms with van der Waals surface area (Å²) in [7, 11) is 0. The molecule has 0 saturated heterocycles. The van der Waals surface area contributed by atoms with Gasteiger partial charge in [0.15, 0.2) is 0 Å². The van der Waals surface area contributed by atoms with E-state index in [0.29, 0.717) is 37.2 Å². The van der Waals surface area contributed by atoms with Gasteiger partial charge in [-0.25, -0.2) is 10.0 Å². The highest BCUT2D eigenvalue weighted by Crippen LogP contribution is 2.09. The molecule has 140 valence electrons. The van der Waals surface area contributed by atoms with Crippen LogP contribution in [0.5, 0.6) is 0 Å². The number of aromatic amines is 1. The van der Waals surface area contributed by atoms with E-state index in [9.17, 15) is 9.59 Å². The minimum Gasteiger partial charge on any atom is -0.310 e. The second-order valence-corrected chi connectivity index (χ2v) is 6.35. The van der Waals surface area contributed by atoms with Crippen LogP contribution in [0.25, 0.3) is 10.9 Å². The molecule has 3 rings (SSSR count). The lowest BCUT2D eigenvalue weighted by Crippen LogP contribution is -2.23. The Bertz CT molecular complexity index is 925. The van der Waals surface area contributed by atoms with Crippen LogP contribution in [0.4, 0.5) is 0 Å². The molecule has 0 bridgehead atoms. The molecule has 0 saturated carbocycles. The smallest absolute Gasteiger partial charge is 0.258 e. The highest BCUT2D eigenvalue weighted by molar-refractivity contribution is 5.77. The Balaban J connectivity index is 1.40. The average Bonchev–Trinajstić information content (AvgIpc) is 2.71. The molecule has 27 heavy (non-hydrogen) atoms. The van der Waals surface area contributed by atoms with Gasteiger partial charge in [0, 0.05) is 13.0 Å². The first-order valence-electron chi connectivity index (χ1n) is 9.13. The van der Waals surface area contributed by atoms with E-state index in [4.69, 9.17) is 4.84 Å². The molecule has 0 aliphatic carbocycles. The van der Waals surface area contributed by atoms with E-state index in [1.165, 1.54) is 5.06 Å². The number of nitrogens with one attached hydrogen (secondary N) is 1. The third kappa shape index (κ3) is 5.49. The first-order chi connectivity index (χ1) is 13.3. The monoisotopic (exact) mass is 365 g/mol. The molecule has 0 aliphatic rings. The van der Waals surface area contributed by atoms with Gasteiger partial charge in [0.2, 0.25) is 6.41 Å². The number of hydrogen-bond donors (Lipinski definition) is 1. The fourth-order valence-electron chi connectivity index (χ4n) is 2.87. The number of hydrogen-bond acceptors (Lipinski definition) is 4. The molecule has 1 N–H and O–H groups in total. The molecular formula is C21H23N3O3. The van der Waals surface area contributed by atoms with Crippen molar-refractivity contribution in [1.29, 1.82) is 0 Å². The number of carbonyl (C=O) groups is 1. The van der Waals surface area contributed by atoms with Crippen LogP contribution in [0.2, 0.25) is 0 Å². The topological polar surface area (TPSA) is 75.3 Å². The summed E-state index contributed by atoms with van der Waals surface area (Å²) >= 11 is 0. The summed E-state index contributed by atoms with van der Waals surface area (Å²) in [5, 5.41) is 1.95. The zero-order chi connectivity index (χ0) is 18.9. The summed E-state index contributed by atoms with van der Waals surface area (Å²) in [6, 6.07) is 17.1. The zero-order valence-electron chi connectivity index (χ0n) is 15.1. The average molecular weight is 365 g/mol. The van der Waals surface area contributed by atoms with E-state index in [0.717, 1.165) is 30.3 Å². The van der Waals surface area contributed by atoms with Crippen molar-refractivity contribution < 1.29 is 9.63 Å². The third-order valence-electron chi connectivity index (χ3n) is 4.31. The van der Waals surface area contributed by atoms with E-state index < -0.39 is 0 Å². The van der Waals surface area contributed by atoms with Gasteiger partial charge in [0.25, 0.3) is 5.56 Å². The number of aromatic nitrogens is 2. The molecular weight excluding hydrogens is 342 g/mol. The SMILES string of the molecule is O=CN(CCCCCc1nc2ccccc2c(=O)[nH]1)OCc1ccccc1. The number of unbranched alkanes of at least 4 members (excludes halogenated alkanes) is 2. The molecule has 1 amide bonds. The number of H-pyrrole nitrogens is 1. The summed E-state index contributed by atoms with van der Waals surface area (Å²) in [5.74, 6) is 0.700. The number of fused-ring (bicyclic) bond motifs is 1. The highest BCUT2D eigenvalue weighted by Gasteiger charge is 2.05. The molecule has 2 aromatic carbocycles. The minimum absolute atomic E-state index is 0.1000. The lowest BCUT2D eigenvalue weighted by Gasteiger charge is -2.16. The largest absolute Gasteiger partial charge is 0.310 e. The molecule has 1 aromatic heterocycles. The Morgan fingerprint density at radius 1 is 1.00 bits per heavy atom. The van der Waals surface area contributed by atoms with Gasteiger partial charge in [0.1, 0.15) is 12.4 Å². The Kier molecular flexibility index (Phi) is 6.71. The second-order valence-electron chi connectivity index (χ2n) is 6.35. The lowest BCUT2D eigenvalue weighted by atomic mass is 10.1. The van der Waals surface area contributed by atoms with Crippen LogP contribution in [0.3, 0.4) is 0 Å². The number of rotatable bonds is 10. The van der Waals surface area contributed by atoms with Gasteiger partial charge in [-0.05, 0) is 30.5 Å². The molecule has 0 atom stereocenters. The summed E-state index contributed by atoms with van der Waals surface area (Å²) < 4.78 is 0. The van der Waals surface area contributed by atoms with Crippen molar-refractivity contribution in [2.24, 2.45) is 0 Å². The van der Waals surface area contributed by atoms with Gasteiger partial charge in [0.05, 0.1) is 10.9 Å². The fraction of sp³-hybridized carbons (Fsp3) is 0.286. The van der Waals surface area contributed by atoms with E-state index in [1.54, 1.807) is 6.07 Å². The van der Waals surface area contributed by atoms with Gasteiger partial charge >= 0.3 is 0 Å². The van der Waals surface area contributed by atoms with Crippen molar-refractivity contribution in [1.82, 2.24) is 15.0 Å². The molecule has 0 fully saturated rings. The summed E-state index contributed by atoms with van der Waals surface area (Å²) in [5.41, 5.74) is 1.64. The molecule has 0 spiro atoms. The van der Waals surface area contributed by atoms with Crippen molar-refractivity contribution in [2.45, 2.75) is 32.3 Å². The molecule has 0 unspecified atom stereocenters. The molecule has 1 heterocycles. The van der Waals surface area contributed by atoms with Gasteiger partial charge in [-0.15, -0.1) is 0 Å². The van der Waals surface area contributed by atoms with E-state index >= 15 is 0 Å². The second kappa shape index (κ2) is 9.64. The van der Waals surface area contributed by atoms with Crippen LogP contribution < -0.4 is 5.56 Å². The van der Waals surface area contributed by atoms with Gasteiger partial charge in [-0.3, -0.25) is 14.4 Å². The maximum Gasteiger partial charge on any atom is 0.258 e. The van der Waals surface area contributed by atoms with E-state index in [-0.39, 0.29) is 5.56 Å². The van der Waals surface area contributed by atoms with Gasteiger partial charge in [-0.2, -0.15) is 0 Å². The Labute approximate surface area is 157 Å². The van der Waals surface area contributed by atoms with Crippen LogP contribution in [0.1, 0.15) is 30.7 Å². The van der Waals surface area contributed by atoms with E-state index in [1.807, 2.05) is 48.5 Å². The van der Waals surface area contributed by atoms with Crippen molar-refractivity contribution >= 4 is 17.3 Å². The minimum atomic E-state index is -0.1000. The van der Waals surface area contributed by atoms with E-state index in [2.05, 4.69) is 9.97 Å². The summed E-state index contributed by atoms with van der Waals surface area (Å²) in [6.07, 6.45) is 4.03. The molecule has 0 radical (unpaired) electrons. The van der Waals surface area contributed by atoms with Crippen LogP contribution in [-0.2, 0) is 22.7 Å². The van der Waals surface area contributed by atoms with Gasteiger partial charge < -0.3 is 4.98 Å². The maximum atomic E-state index is 12.0. The van der Waals surface area contributed by atoms with Gasteiger partial charge in [-0.1, -0.05) is 48.9 Å². The zero-order valence-corrected chi connectivity index (χ0v) is 15.1. The summed E-state index contributed by atoms with van der Waals surface area (Å²) in [4.78, 5) is 36.0. The first-order valence-corrected chi connectivity index (χ1v) is 9.13. The number of aryl methyl sites for hydroxylation is 1. The van der Waals surface area contributed by atoms with Crippen LogP contribution in [0.15, 0.2) is 59.4 Å². The number of para-hydroxylation sites is 1. The number of hydroxylamine groups is 2. The van der Waals surface area contributed by atoms with Crippen molar-refractivity contribution in [2.75, 3.05) is 6.54 Å². The van der Waals surface area contributed by atoms with Crippen molar-refractivity contribution in [3.8, 4) is 0 Å². The molecule has 3 aromatic rings. The fourth-order valence-corrected chi connectivity index (χ4v) is 2.87. The Morgan fingerprint density at radius 2 is 1.78 bits per heavy atom. The van der Waals surface area contributed by atoms with Crippen LogP contribution in [-0.4, -0.2) is 28.0 Å². The molecule has 6 heteroatoms. The normalized spacial score (nSPS) is 10.8. The number of benzene rings is 2. The lowest BCUT2D eigenvalue weighted by molar-refractivity contribution is -0.177. The van der Waals surface area contributed by atoms with Crippen LogP contribution >= 0.6 is 0 Å². The molecule has 6 nitrogen and oxygen atoms in total. The predicted octanol–water partition coefficient (Wildman–Crippen LogP) is 3.23. The van der Waals surface area contributed by atoms with Crippen LogP contribution in [0, 0.1) is 0 Å². The number of nitrogens with zero attached hydrogens (tertiary/aromatic N) is 2. The Hall–Kier alpha value is -2.99. The quantitative estimate of drug-likeness (QED) is 0.340. The molecule has 0 aliphatic heterocycles. The Morgan fingerprint density at radius 3 is 2.59 bits per heavy atom. The van der Waals surface area contributed by atoms with Crippen molar-refractivity contribution in [3.63, 3.8) is 0 Å².